The van der Waals surface area contributed by atoms with Crippen LogP contribution in [-0.4, -0.2) is 40.6 Å². The van der Waals surface area contributed by atoms with Crippen molar-refractivity contribution in [3.05, 3.63) is 82.7 Å². The molecule has 2 aromatic heterocycles. The van der Waals surface area contributed by atoms with Gasteiger partial charge in [-0.3, -0.25) is 14.3 Å². The lowest BCUT2D eigenvalue weighted by molar-refractivity contribution is 0.0390. The Morgan fingerprint density at radius 3 is 2.88 bits per heavy atom. The highest BCUT2D eigenvalue weighted by Gasteiger charge is 2.25. The first-order valence-corrected chi connectivity index (χ1v) is 10.2. The Labute approximate surface area is 189 Å². The van der Waals surface area contributed by atoms with E-state index < -0.39 is 5.82 Å². The molecule has 4 rings (SSSR count). The summed E-state index contributed by atoms with van der Waals surface area (Å²) >= 11 is 0. The Kier molecular flexibility index (Phi) is 6.57. The molecule has 0 saturated carbocycles. The van der Waals surface area contributed by atoms with Gasteiger partial charge in [0.05, 0.1) is 30.7 Å². The van der Waals surface area contributed by atoms with Gasteiger partial charge in [-0.15, -0.1) is 0 Å². The van der Waals surface area contributed by atoms with Crippen LogP contribution < -0.4 is 16.4 Å². The predicted molar refractivity (Wildman–Crippen MR) is 123 cm³/mol. The third-order valence-electron chi connectivity index (χ3n) is 5.39. The lowest BCUT2D eigenvalue weighted by Gasteiger charge is -2.34. The van der Waals surface area contributed by atoms with Gasteiger partial charge in [0.15, 0.2) is 5.82 Å². The van der Waals surface area contributed by atoms with Crippen LogP contribution in [0.3, 0.4) is 0 Å². The number of aliphatic imine (C=N–C) groups is 1. The number of ether oxygens (including phenoxy) is 1. The molecular weight excluding hydrogens is 427 g/mol. The van der Waals surface area contributed by atoms with Crippen molar-refractivity contribution in [3.8, 4) is 11.3 Å². The summed E-state index contributed by atoms with van der Waals surface area (Å²) in [6.45, 7) is 5.33. The first kappa shape index (κ1) is 22.3. The van der Waals surface area contributed by atoms with Gasteiger partial charge in [0.2, 0.25) is 12.3 Å². The third-order valence-corrected chi connectivity index (χ3v) is 5.39. The number of hydrogen-bond acceptors (Lipinski definition) is 8. The average Bonchev–Trinajstić information content (AvgIpc) is 2.84. The Morgan fingerprint density at radius 1 is 1.36 bits per heavy atom. The summed E-state index contributed by atoms with van der Waals surface area (Å²) < 4.78 is 21.7. The van der Waals surface area contributed by atoms with E-state index in [9.17, 15) is 9.18 Å². The van der Waals surface area contributed by atoms with Gasteiger partial charge in [-0.1, -0.05) is 30.8 Å². The molecule has 1 saturated heterocycles. The summed E-state index contributed by atoms with van der Waals surface area (Å²) in [6.07, 6.45) is 3.44. The number of rotatable bonds is 6. The second-order valence-electron chi connectivity index (χ2n) is 7.44. The van der Waals surface area contributed by atoms with E-state index in [2.05, 4.69) is 26.4 Å². The van der Waals surface area contributed by atoms with Crippen molar-refractivity contribution >= 4 is 18.0 Å². The number of anilines is 1. The zero-order chi connectivity index (χ0) is 23.4. The van der Waals surface area contributed by atoms with Crippen molar-refractivity contribution in [2.45, 2.75) is 6.10 Å². The Bertz CT molecular complexity index is 1240. The molecule has 2 N–H and O–H groups in total. The lowest BCUT2D eigenvalue weighted by atomic mass is 10.0. The van der Waals surface area contributed by atoms with Crippen LogP contribution in [0.1, 0.15) is 17.2 Å². The van der Waals surface area contributed by atoms with E-state index in [1.54, 1.807) is 7.05 Å². The van der Waals surface area contributed by atoms with Crippen LogP contribution in [-0.2, 0) is 16.6 Å². The fourth-order valence-corrected chi connectivity index (χ4v) is 3.62. The minimum absolute atomic E-state index is 0.229. The monoisotopic (exact) mass is 450 g/mol. The number of aromatic nitrogens is 3. The molecule has 0 spiro atoms. The van der Waals surface area contributed by atoms with Crippen LogP contribution in [0, 0.1) is 5.82 Å². The Morgan fingerprint density at radius 2 is 2.15 bits per heavy atom. The van der Waals surface area contributed by atoms with Gasteiger partial charge >= 0.3 is 0 Å². The second kappa shape index (κ2) is 9.72. The molecule has 0 aliphatic carbocycles. The Hall–Kier alpha value is -3.89. The number of pyridine rings is 1. The number of benzene rings is 1. The van der Waals surface area contributed by atoms with Crippen LogP contribution in [0.5, 0.6) is 0 Å². The highest BCUT2D eigenvalue weighted by atomic mass is 19.1. The maximum absolute atomic E-state index is 14.3. The number of hydrogen-bond donors (Lipinski definition) is 1. The fraction of sp³-hybridized carbons (Fsp3) is 0.217. The third kappa shape index (κ3) is 4.81. The molecule has 170 valence electrons. The molecule has 1 fully saturated rings. The number of nitrogens with two attached hydrogens (primary N) is 1. The standard InChI is InChI=1S/C23H23FN6O3/c1-15(27-14-33-25)16-3-5-17(6-4-16)21-13-30(9-10-32-21)23-28-20(11-22(31)29(23)2)18-7-8-26-12-19(18)24/h3-8,11-12,14,21H,1,9-10,13,25H2,2H3/b27-14-/t21-/m1/s1. The van der Waals surface area contributed by atoms with Crippen LogP contribution in [0.2, 0.25) is 0 Å². The highest BCUT2D eigenvalue weighted by molar-refractivity contribution is 5.69. The topological polar surface area (TPSA) is 108 Å². The summed E-state index contributed by atoms with van der Waals surface area (Å²) in [5, 5.41) is 0. The maximum Gasteiger partial charge on any atom is 0.255 e. The van der Waals surface area contributed by atoms with Crippen LogP contribution >= 0.6 is 0 Å². The van der Waals surface area contributed by atoms with E-state index in [0.717, 1.165) is 23.7 Å². The van der Waals surface area contributed by atoms with Gasteiger partial charge in [-0.05, 0) is 17.2 Å². The van der Waals surface area contributed by atoms with Crippen LogP contribution in [0.4, 0.5) is 10.3 Å². The van der Waals surface area contributed by atoms with Gasteiger partial charge in [-0.2, -0.15) is 5.90 Å². The molecule has 33 heavy (non-hydrogen) atoms. The van der Waals surface area contributed by atoms with Gasteiger partial charge in [0, 0.05) is 31.4 Å². The van der Waals surface area contributed by atoms with Gasteiger partial charge < -0.3 is 14.5 Å². The van der Waals surface area contributed by atoms with Gasteiger partial charge in [-0.25, -0.2) is 14.4 Å². The summed E-state index contributed by atoms with van der Waals surface area (Å²) in [5.74, 6) is 4.86. The molecule has 1 aliphatic heterocycles. The van der Waals surface area contributed by atoms with Crippen molar-refractivity contribution in [2.75, 3.05) is 24.6 Å². The van der Waals surface area contributed by atoms with Crippen molar-refractivity contribution in [2.24, 2.45) is 17.9 Å². The largest absolute Gasteiger partial charge is 0.399 e. The summed E-state index contributed by atoms with van der Waals surface area (Å²) in [5.41, 5.74) is 2.50. The second-order valence-corrected chi connectivity index (χ2v) is 7.44. The molecule has 1 atom stereocenters. The van der Waals surface area contributed by atoms with Crippen molar-refractivity contribution in [3.63, 3.8) is 0 Å². The quantitative estimate of drug-likeness (QED) is 0.349. The van der Waals surface area contributed by atoms with E-state index in [1.165, 1.54) is 22.9 Å². The first-order chi connectivity index (χ1) is 16.0. The van der Waals surface area contributed by atoms with E-state index >= 15 is 0 Å². The highest BCUT2D eigenvalue weighted by Crippen LogP contribution is 2.27. The first-order valence-electron chi connectivity index (χ1n) is 10.2. The molecule has 9 nitrogen and oxygen atoms in total. The molecule has 3 aromatic rings. The number of halogens is 1. The number of morpholine rings is 1. The Balaban J connectivity index is 1.59. The molecule has 0 bridgehead atoms. The van der Waals surface area contributed by atoms with E-state index in [0.29, 0.717) is 31.3 Å². The van der Waals surface area contributed by atoms with E-state index in [1.807, 2.05) is 29.2 Å². The SMILES string of the molecule is C=C(/N=C\ON)c1ccc([C@H]2CN(c3nc(-c4ccncc4F)cc(=O)n3C)CCO2)cc1. The molecule has 1 aromatic carbocycles. The normalized spacial score (nSPS) is 16.2. The van der Waals surface area contributed by atoms with E-state index in [-0.39, 0.29) is 22.9 Å². The van der Waals surface area contributed by atoms with Gasteiger partial charge in [0.25, 0.3) is 5.56 Å². The summed E-state index contributed by atoms with van der Waals surface area (Å²) in [4.78, 5) is 31.3. The predicted octanol–water partition coefficient (Wildman–Crippen LogP) is 2.45. The molecule has 0 radical (unpaired) electrons. The van der Waals surface area contributed by atoms with Gasteiger partial charge in [0.1, 0.15) is 6.10 Å². The minimum Gasteiger partial charge on any atom is -0.399 e. The minimum atomic E-state index is -0.534. The zero-order valence-electron chi connectivity index (χ0n) is 18.0. The molecule has 1 aliphatic rings. The maximum atomic E-state index is 14.3. The van der Waals surface area contributed by atoms with Crippen LogP contribution in [0.25, 0.3) is 17.0 Å². The molecule has 0 amide bonds. The van der Waals surface area contributed by atoms with Crippen molar-refractivity contribution in [1.29, 1.82) is 0 Å². The summed E-state index contributed by atoms with van der Waals surface area (Å²) in [6, 6.07) is 10.5. The number of nitrogens with zero attached hydrogens (tertiary/aromatic N) is 5. The summed E-state index contributed by atoms with van der Waals surface area (Å²) in [7, 11) is 1.65. The lowest BCUT2D eigenvalue weighted by Crippen LogP contribution is -2.41. The van der Waals surface area contributed by atoms with E-state index in [4.69, 9.17) is 10.6 Å². The average molecular weight is 450 g/mol. The smallest absolute Gasteiger partial charge is 0.255 e. The van der Waals surface area contributed by atoms with Crippen LogP contribution in [0.15, 0.2) is 65.2 Å². The molecule has 10 heteroatoms. The van der Waals surface area contributed by atoms with Crippen molar-refractivity contribution in [1.82, 2.24) is 14.5 Å². The fourth-order valence-electron chi connectivity index (χ4n) is 3.62. The van der Waals surface area contributed by atoms with Crippen molar-refractivity contribution < 1.29 is 14.0 Å². The molecule has 0 unspecified atom stereocenters. The molecular formula is C23H23FN6O3. The zero-order valence-corrected chi connectivity index (χ0v) is 18.0. The molecule has 3 heterocycles.